The molecule has 0 spiro atoms. The normalized spacial score (nSPS) is 24.9. The van der Waals surface area contributed by atoms with E-state index in [9.17, 15) is 9.59 Å². The molecule has 3 aliphatic rings. The Hall–Kier alpha value is -3.25. The molecule has 0 aromatic heterocycles. The monoisotopic (exact) mass is 501 g/mol. The molecule has 37 heavy (non-hydrogen) atoms. The third kappa shape index (κ3) is 5.54. The summed E-state index contributed by atoms with van der Waals surface area (Å²) in [5.41, 5.74) is 3.75. The largest absolute Gasteiger partial charge is 0.489 e. The number of rotatable bonds is 7. The first kappa shape index (κ1) is 25.4. The van der Waals surface area contributed by atoms with Gasteiger partial charge in [-0.05, 0) is 43.2 Å². The van der Waals surface area contributed by atoms with Crippen LogP contribution in [0.5, 0.6) is 5.75 Å². The van der Waals surface area contributed by atoms with Crippen molar-refractivity contribution >= 4 is 17.5 Å². The van der Waals surface area contributed by atoms with E-state index in [1.54, 1.807) is 0 Å². The molecule has 2 aromatic rings. The van der Waals surface area contributed by atoms with Crippen LogP contribution in [0.1, 0.15) is 63.5 Å². The van der Waals surface area contributed by atoms with E-state index in [0.717, 1.165) is 29.7 Å². The Morgan fingerprint density at radius 3 is 2.59 bits per heavy atom. The molecule has 0 bridgehead atoms. The summed E-state index contributed by atoms with van der Waals surface area (Å²) in [4.78, 5) is 32.1. The molecule has 2 aliphatic heterocycles. The van der Waals surface area contributed by atoms with Gasteiger partial charge in [0.1, 0.15) is 24.9 Å². The van der Waals surface area contributed by atoms with Crippen LogP contribution in [0.4, 0.5) is 0 Å². The number of hydrogen-bond acceptors (Lipinski definition) is 6. The van der Waals surface area contributed by atoms with Gasteiger partial charge < -0.3 is 14.2 Å². The summed E-state index contributed by atoms with van der Waals surface area (Å²) in [6.45, 7) is 7.35. The number of para-hydroxylation sites is 1. The maximum absolute atomic E-state index is 13.6. The van der Waals surface area contributed by atoms with Gasteiger partial charge in [-0.15, -0.1) is 0 Å². The first-order valence-electron chi connectivity index (χ1n) is 13.2. The van der Waals surface area contributed by atoms with Crippen molar-refractivity contribution in [1.82, 2.24) is 0 Å². The Balaban J connectivity index is 1.52. The minimum absolute atomic E-state index is 0.0438. The molecule has 0 radical (unpaired) electrons. The van der Waals surface area contributed by atoms with E-state index >= 15 is 0 Å². The van der Waals surface area contributed by atoms with Gasteiger partial charge >= 0.3 is 5.97 Å². The lowest BCUT2D eigenvalue weighted by Gasteiger charge is -2.39. The van der Waals surface area contributed by atoms with Crippen LogP contribution < -0.4 is 4.74 Å². The Labute approximate surface area is 218 Å². The van der Waals surface area contributed by atoms with Gasteiger partial charge in [0.2, 0.25) is 0 Å². The second-order valence-electron chi connectivity index (χ2n) is 11.1. The van der Waals surface area contributed by atoms with Crippen LogP contribution in [-0.2, 0) is 25.7 Å². The second kappa shape index (κ2) is 10.6. The fourth-order valence-corrected chi connectivity index (χ4v) is 5.73. The number of aliphatic imine (C=N–C) groups is 1. The first-order valence-corrected chi connectivity index (χ1v) is 13.2. The van der Waals surface area contributed by atoms with Crippen molar-refractivity contribution in [2.75, 3.05) is 13.2 Å². The molecule has 0 saturated carbocycles. The van der Waals surface area contributed by atoms with Crippen molar-refractivity contribution in [1.29, 1.82) is 0 Å². The van der Waals surface area contributed by atoms with E-state index in [2.05, 4.69) is 13.8 Å². The van der Waals surface area contributed by atoms with Crippen molar-refractivity contribution in [3.63, 3.8) is 0 Å². The highest BCUT2D eigenvalue weighted by molar-refractivity contribution is 6.09. The van der Waals surface area contributed by atoms with Crippen LogP contribution in [0.3, 0.4) is 0 Å². The standard InChI is InChI=1S/C31H35NO5/c1-20-27(30(34)37-19-22-12-9-15-35-22)28(29-24(32-20)16-31(2,3)17-25(29)33)23-13-7-8-14-26(23)36-18-21-10-5-4-6-11-21/h4-8,10-11,13-14,22,27-28H,9,12,15-19H2,1-3H3/t22-,27?,28-/m1/s1. The van der Waals surface area contributed by atoms with Crippen molar-refractivity contribution in [2.45, 2.75) is 65.1 Å². The van der Waals surface area contributed by atoms with Crippen molar-refractivity contribution < 1.29 is 23.8 Å². The smallest absolute Gasteiger partial charge is 0.315 e. The third-order valence-electron chi connectivity index (χ3n) is 7.48. The molecule has 1 saturated heterocycles. The van der Waals surface area contributed by atoms with Gasteiger partial charge in [0.05, 0.1) is 6.10 Å². The van der Waals surface area contributed by atoms with Crippen molar-refractivity contribution in [3.8, 4) is 5.75 Å². The Morgan fingerprint density at radius 2 is 1.84 bits per heavy atom. The lowest BCUT2D eigenvalue weighted by molar-refractivity contribution is -0.149. The van der Waals surface area contributed by atoms with E-state index in [4.69, 9.17) is 19.2 Å². The van der Waals surface area contributed by atoms with E-state index in [-0.39, 0.29) is 29.9 Å². The number of carbonyl (C=O) groups is 2. The average Bonchev–Trinajstić information content (AvgIpc) is 3.39. The summed E-state index contributed by atoms with van der Waals surface area (Å²) in [6, 6.07) is 17.7. The molecule has 6 nitrogen and oxygen atoms in total. The third-order valence-corrected chi connectivity index (χ3v) is 7.48. The van der Waals surface area contributed by atoms with E-state index in [1.807, 2.05) is 61.5 Å². The van der Waals surface area contributed by atoms with Crippen LogP contribution in [-0.4, -0.2) is 36.8 Å². The summed E-state index contributed by atoms with van der Waals surface area (Å²) in [5, 5.41) is 0. The van der Waals surface area contributed by atoms with E-state index in [1.165, 1.54) is 0 Å². The molecule has 6 heteroatoms. The molecule has 2 heterocycles. The molecule has 1 aliphatic carbocycles. The van der Waals surface area contributed by atoms with Crippen LogP contribution in [0.25, 0.3) is 0 Å². The van der Waals surface area contributed by atoms with Crippen LogP contribution >= 0.6 is 0 Å². The van der Waals surface area contributed by atoms with Crippen LogP contribution in [0.15, 0.2) is 70.9 Å². The summed E-state index contributed by atoms with van der Waals surface area (Å²) < 4.78 is 17.7. The minimum atomic E-state index is -0.702. The van der Waals surface area contributed by atoms with Crippen molar-refractivity contribution in [2.24, 2.45) is 16.3 Å². The summed E-state index contributed by atoms with van der Waals surface area (Å²) in [5.74, 6) is -0.884. The molecule has 2 aromatic carbocycles. The maximum Gasteiger partial charge on any atom is 0.315 e. The number of esters is 1. The Kier molecular flexibility index (Phi) is 7.29. The lowest BCUT2D eigenvalue weighted by Crippen LogP contribution is -2.40. The average molecular weight is 502 g/mol. The molecule has 194 valence electrons. The van der Waals surface area contributed by atoms with Gasteiger partial charge in [-0.2, -0.15) is 0 Å². The van der Waals surface area contributed by atoms with Crippen LogP contribution in [0, 0.1) is 11.3 Å². The number of benzene rings is 2. The first-order chi connectivity index (χ1) is 17.8. The lowest BCUT2D eigenvalue weighted by atomic mass is 9.66. The zero-order chi connectivity index (χ0) is 26.0. The molecule has 0 N–H and O–H groups in total. The number of allylic oxidation sites excluding steroid dienone is 2. The minimum Gasteiger partial charge on any atom is -0.489 e. The fraction of sp³-hybridized carbons (Fsp3) is 0.452. The zero-order valence-corrected chi connectivity index (χ0v) is 21.9. The predicted octanol–water partition coefficient (Wildman–Crippen LogP) is 5.81. The van der Waals surface area contributed by atoms with Crippen molar-refractivity contribution in [3.05, 3.63) is 77.0 Å². The molecule has 0 amide bonds. The number of nitrogens with zero attached hydrogens (tertiary/aromatic N) is 1. The number of hydrogen-bond donors (Lipinski definition) is 0. The second-order valence-corrected chi connectivity index (χ2v) is 11.1. The van der Waals surface area contributed by atoms with Gasteiger partial charge in [-0.25, -0.2) is 0 Å². The van der Waals surface area contributed by atoms with Gasteiger partial charge in [0, 0.05) is 41.5 Å². The number of ether oxygens (including phenoxy) is 3. The zero-order valence-electron chi connectivity index (χ0n) is 21.9. The highest BCUT2D eigenvalue weighted by Gasteiger charge is 2.47. The number of Topliss-reactive ketones (excluding diaryl/α,β-unsaturated/α-hetero) is 1. The van der Waals surface area contributed by atoms with E-state index < -0.39 is 11.8 Å². The molecule has 1 fully saturated rings. The molecule has 3 atom stereocenters. The Bertz CT molecular complexity index is 1220. The maximum atomic E-state index is 13.6. The highest BCUT2D eigenvalue weighted by atomic mass is 16.6. The summed E-state index contributed by atoms with van der Waals surface area (Å²) >= 11 is 0. The summed E-state index contributed by atoms with van der Waals surface area (Å²) in [6.07, 6.45) is 2.89. The highest BCUT2D eigenvalue weighted by Crippen LogP contribution is 2.49. The SMILES string of the molecule is CC1=NC2=C(C(=O)CC(C)(C)C2)[C@H](c2ccccc2OCc2ccccc2)C1C(=O)OC[C@H]1CCCO1. The van der Waals surface area contributed by atoms with Gasteiger partial charge in [-0.3, -0.25) is 14.6 Å². The topological polar surface area (TPSA) is 74.2 Å². The molecular formula is C31H35NO5. The van der Waals surface area contributed by atoms with Gasteiger partial charge in [0.15, 0.2) is 5.78 Å². The molecular weight excluding hydrogens is 466 g/mol. The summed E-state index contributed by atoms with van der Waals surface area (Å²) in [7, 11) is 0. The fourth-order valence-electron chi connectivity index (χ4n) is 5.73. The number of ketones is 1. The molecule has 1 unspecified atom stereocenters. The van der Waals surface area contributed by atoms with Gasteiger partial charge in [-0.1, -0.05) is 62.4 Å². The van der Waals surface area contributed by atoms with Crippen LogP contribution in [0.2, 0.25) is 0 Å². The van der Waals surface area contributed by atoms with E-state index in [0.29, 0.717) is 43.1 Å². The predicted molar refractivity (Wildman–Crippen MR) is 142 cm³/mol. The number of carbonyl (C=O) groups excluding carboxylic acids is 2. The molecule has 5 rings (SSSR count). The Morgan fingerprint density at radius 1 is 1.08 bits per heavy atom. The quantitative estimate of drug-likeness (QED) is 0.448. The van der Waals surface area contributed by atoms with Gasteiger partial charge in [0.25, 0.3) is 0 Å².